The van der Waals surface area contributed by atoms with Crippen LogP contribution in [0, 0.1) is 20.3 Å². The van der Waals surface area contributed by atoms with Crippen molar-refractivity contribution in [3.63, 3.8) is 0 Å². The molecule has 1 nitrogen and oxygen atoms in total. The fourth-order valence-corrected chi connectivity index (χ4v) is 1.95. The summed E-state index contributed by atoms with van der Waals surface area (Å²) in [6.45, 7) is 6.62. The fourth-order valence-electron chi connectivity index (χ4n) is 1.95. The van der Waals surface area contributed by atoms with Gasteiger partial charge >= 0.3 is 0 Å². The van der Waals surface area contributed by atoms with Crippen molar-refractivity contribution in [1.82, 2.24) is 0 Å². The van der Waals surface area contributed by atoms with Crippen LogP contribution in [-0.2, 0) is 0 Å². The zero-order valence-corrected chi connectivity index (χ0v) is 8.38. The Balaban J connectivity index is 2.28. The summed E-state index contributed by atoms with van der Waals surface area (Å²) in [7, 11) is 0. The normalized spacial score (nSPS) is 16.6. The molecule has 0 aromatic heterocycles. The Hall–Kier alpha value is -0.980. The molecule has 0 atom stereocenters. The third kappa shape index (κ3) is 1.85. The third-order valence-corrected chi connectivity index (χ3v) is 2.52. The van der Waals surface area contributed by atoms with E-state index in [1.165, 1.54) is 29.8 Å². The number of rotatable bonds is 1. The van der Waals surface area contributed by atoms with E-state index in [2.05, 4.69) is 43.4 Å². The first-order valence-electron chi connectivity index (χ1n) is 4.90. The summed E-state index contributed by atoms with van der Waals surface area (Å²) in [4.78, 5) is 2.43. The first-order chi connectivity index (χ1) is 6.25. The van der Waals surface area contributed by atoms with Crippen LogP contribution in [0.2, 0.25) is 0 Å². The van der Waals surface area contributed by atoms with Gasteiger partial charge in [0.25, 0.3) is 0 Å². The van der Waals surface area contributed by atoms with Crippen molar-refractivity contribution in [3.05, 3.63) is 35.7 Å². The van der Waals surface area contributed by atoms with Crippen LogP contribution in [0.15, 0.2) is 18.2 Å². The summed E-state index contributed by atoms with van der Waals surface area (Å²) in [5.41, 5.74) is 4.11. The van der Waals surface area contributed by atoms with Crippen LogP contribution in [0.1, 0.15) is 17.5 Å². The van der Waals surface area contributed by atoms with E-state index in [1.807, 2.05) is 0 Å². The average Bonchev–Trinajstić information content (AvgIpc) is 2.53. The molecule has 0 aliphatic carbocycles. The van der Waals surface area contributed by atoms with Gasteiger partial charge in [-0.25, -0.2) is 0 Å². The highest BCUT2D eigenvalue weighted by Crippen LogP contribution is 2.22. The lowest BCUT2D eigenvalue weighted by Gasteiger charge is -2.18. The smallest absolute Gasteiger partial charge is 0.0371 e. The largest absolute Gasteiger partial charge is 0.371 e. The van der Waals surface area contributed by atoms with Crippen molar-refractivity contribution < 1.29 is 0 Å². The molecule has 69 valence electrons. The zero-order valence-electron chi connectivity index (χ0n) is 8.38. The molecule has 1 aromatic rings. The van der Waals surface area contributed by atoms with E-state index in [4.69, 9.17) is 0 Å². The molecule has 0 saturated carbocycles. The maximum atomic E-state index is 2.43. The van der Waals surface area contributed by atoms with E-state index >= 15 is 0 Å². The number of benzene rings is 1. The monoisotopic (exact) mass is 174 g/mol. The van der Waals surface area contributed by atoms with Crippen LogP contribution >= 0.6 is 0 Å². The molecule has 1 aromatic carbocycles. The van der Waals surface area contributed by atoms with Gasteiger partial charge in [-0.15, -0.1) is 0 Å². The molecule has 1 radical (unpaired) electrons. The standard InChI is InChI=1S/C12H16N/c1-10-7-11(2)9-12(8-10)13-5-3-4-6-13/h3,7-9H,4-6H2,1-2H3. The van der Waals surface area contributed by atoms with E-state index < -0.39 is 0 Å². The SMILES string of the molecule is Cc1cc(C)cc(N2C[CH]CC2)c1. The van der Waals surface area contributed by atoms with Crippen molar-refractivity contribution in [2.24, 2.45) is 0 Å². The van der Waals surface area contributed by atoms with Crippen LogP contribution in [0.3, 0.4) is 0 Å². The lowest BCUT2D eigenvalue weighted by Crippen LogP contribution is -2.17. The summed E-state index contributed by atoms with van der Waals surface area (Å²) in [5, 5.41) is 0. The van der Waals surface area contributed by atoms with Gasteiger partial charge in [-0.3, -0.25) is 0 Å². The Morgan fingerprint density at radius 2 is 1.77 bits per heavy atom. The molecule has 13 heavy (non-hydrogen) atoms. The lowest BCUT2D eigenvalue weighted by molar-refractivity contribution is 0.965. The van der Waals surface area contributed by atoms with Crippen LogP contribution in [0.4, 0.5) is 5.69 Å². The fraction of sp³-hybridized carbons (Fsp3) is 0.417. The Bertz CT molecular complexity index is 278. The molecule has 1 aliphatic rings. The van der Waals surface area contributed by atoms with Crippen molar-refractivity contribution in [2.75, 3.05) is 18.0 Å². The van der Waals surface area contributed by atoms with Crippen molar-refractivity contribution >= 4 is 5.69 Å². The molecule has 2 rings (SSSR count). The quantitative estimate of drug-likeness (QED) is 0.632. The first-order valence-corrected chi connectivity index (χ1v) is 4.90. The van der Waals surface area contributed by atoms with Gasteiger partial charge < -0.3 is 4.90 Å². The second kappa shape index (κ2) is 3.41. The van der Waals surface area contributed by atoms with Crippen LogP contribution in [-0.4, -0.2) is 13.1 Å². The number of aryl methyl sites for hydroxylation is 2. The second-order valence-electron chi connectivity index (χ2n) is 3.87. The molecule has 1 aliphatic heterocycles. The van der Waals surface area contributed by atoms with Gasteiger partial charge in [0.2, 0.25) is 0 Å². The number of hydrogen-bond donors (Lipinski definition) is 0. The maximum absolute atomic E-state index is 2.43. The van der Waals surface area contributed by atoms with E-state index in [0.717, 1.165) is 6.54 Å². The van der Waals surface area contributed by atoms with E-state index in [1.54, 1.807) is 0 Å². The molecule has 0 N–H and O–H groups in total. The van der Waals surface area contributed by atoms with E-state index in [-0.39, 0.29) is 0 Å². The molecule has 1 fully saturated rings. The molecule has 0 amide bonds. The highest BCUT2D eigenvalue weighted by Gasteiger charge is 2.12. The number of anilines is 1. The van der Waals surface area contributed by atoms with Crippen molar-refractivity contribution in [1.29, 1.82) is 0 Å². The molecule has 1 heteroatoms. The molecule has 1 heterocycles. The predicted molar refractivity (Wildman–Crippen MR) is 57.0 cm³/mol. The van der Waals surface area contributed by atoms with E-state index in [0.29, 0.717) is 0 Å². The molecule has 1 saturated heterocycles. The van der Waals surface area contributed by atoms with Crippen LogP contribution < -0.4 is 4.90 Å². The number of nitrogens with zero attached hydrogens (tertiary/aromatic N) is 1. The highest BCUT2D eigenvalue weighted by atomic mass is 15.1. The van der Waals surface area contributed by atoms with Crippen LogP contribution in [0.25, 0.3) is 0 Å². The Labute approximate surface area is 80.4 Å². The summed E-state index contributed by atoms with van der Waals surface area (Å²) in [6, 6.07) is 6.77. The summed E-state index contributed by atoms with van der Waals surface area (Å²) in [5.74, 6) is 0. The van der Waals surface area contributed by atoms with Gasteiger partial charge in [0.1, 0.15) is 0 Å². The van der Waals surface area contributed by atoms with Gasteiger partial charge in [-0.05, 0) is 49.9 Å². The second-order valence-corrected chi connectivity index (χ2v) is 3.87. The zero-order chi connectivity index (χ0) is 9.26. The first kappa shape index (κ1) is 8.61. The summed E-state index contributed by atoms with van der Waals surface area (Å²) < 4.78 is 0. The van der Waals surface area contributed by atoms with Gasteiger partial charge in [-0.1, -0.05) is 6.07 Å². The molecule has 0 bridgehead atoms. The molecular formula is C12H16N. The van der Waals surface area contributed by atoms with Gasteiger partial charge in [0.05, 0.1) is 0 Å². The minimum absolute atomic E-state index is 1.11. The van der Waals surface area contributed by atoms with Crippen molar-refractivity contribution in [2.45, 2.75) is 20.3 Å². The van der Waals surface area contributed by atoms with Gasteiger partial charge in [0, 0.05) is 18.8 Å². The highest BCUT2D eigenvalue weighted by molar-refractivity contribution is 5.52. The van der Waals surface area contributed by atoms with Gasteiger partial charge in [0.15, 0.2) is 0 Å². The van der Waals surface area contributed by atoms with Crippen molar-refractivity contribution in [3.8, 4) is 0 Å². The number of hydrogen-bond acceptors (Lipinski definition) is 1. The lowest BCUT2D eigenvalue weighted by atomic mass is 10.1. The molecule has 0 spiro atoms. The summed E-state index contributed by atoms with van der Waals surface area (Å²) in [6.07, 6.45) is 3.57. The minimum atomic E-state index is 1.11. The third-order valence-electron chi connectivity index (χ3n) is 2.52. The minimum Gasteiger partial charge on any atom is -0.371 e. The molecular weight excluding hydrogens is 158 g/mol. The Kier molecular flexibility index (Phi) is 2.26. The average molecular weight is 174 g/mol. The predicted octanol–water partition coefficient (Wildman–Crippen LogP) is 2.72. The van der Waals surface area contributed by atoms with Crippen LogP contribution in [0.5, 0.6) is 0 Å². The van der Waals surface area contributed by atoms with E-state index in [9.17, 15) is 0 Å². The Morgan fingerprint density at radius 1 is 1.08 bits per heavy atom. The van der Waals surface area contributed by atoms with Gasteiger partial charge in [-0.2, -0.15) is 0 Å². The topological polar surface area (TPSA) is 3.24 Å². The maximum Gasteiger partial charge on any atom is 0.0371 e. The molecule has 0 unspecified atom stereocenters. The Morgan fingerprint density at radius 3 is 2.31 bits per heavy atom. The summed E-state index contributed by atoms with van der Waals surface area (Å²) >= 11 is 0.